The monoisotopic (exact) mass is 381 g/mol. The maximum Gasteiger partial charge on any atom is 0.416 e. The SMILES string of the molecule is O=C(O)c1c(F)ccc(NS(=O)(=O)c2ccc(C(F)(F)F)cc2)c1F. The first-order chi connectivity index (χ1) is 11.4. The molecule has 0 fully saturated rings. The highest BCUT2D eigenvalue weighted by Crippen LogP contribution is 2.30. The van der Waals surface area contributed by atoms with Crippen LogP contribution in [-0.2, 0) is 16.2 Å². The number of benzene rings is 2. The van der Waals surface area contributed by atoms with E-state index in [9.17, 15) is 35.2 Å². The molecule has 0 radical (unpaired) electrons. The molecule has 0 aliphatic rings. The molecule has 0 saturated carbocycles. The molecule has 2 aromatic rings. The molecule has 0 unspecified atom stereocenters. The molecule has 2 N–H and O–H groups in total. The van der Waals surface area contributed by atoms with Crippen molar-refractivity contribution in [3.05, 3.63) is 59.2 Å². The fraction of sp³-hybridized carbons (Fsp3) is 0.0714. The first-order valence-corrected chi connectivity index (χ1v) is 7.83. The van der Waals surface area contributed by atoms with Crippen molar-refractivity contribution in [2.45, 2.75) is 11.1 Å². The Morgan fingerprint density at radius 1 is 1.00 bits per heavy atom. The summed E-state index contributed by atoms with van der Waals surface area (Å²) in [4.78, 5) is 10.2. The number of anilines is 1. The molecule has 0 amide bonds. The molecule has 5 nitrogen and oxygen atoms in total. The number of carboxylic acid groups (broad SMARTS) is 1. The smallest absolute Gasteiger partial charge is 0.416 e. The Hall–Kier alpha value is -2.69. The number of alkyl halides is 3. The second-order valence-electron chi connectivity index (χ2n) is 4.72. The van der Waals surface area contributed by atoms with Gasteiger partial charge in [-0.2, -0.15) is 13.2 Å². The van der Waals surface area contributed by atoms with Gasteiger partial charge in [0.15, 0.2) is 5.82 Å². The Balaban J connectivity index is 2.40. The van der Waals surface area contributed by atoms with Gasteiger partial charge in [0.05, 0.1) is 16.1 Å². The molecular formula is C14H8F5NO4S. The lowest BCUT2D eigenvalue weighted by Gasteiger charge is -2.12. The van der Waals surface area contributed by atoms with Gasteiger partial charge in [-0.1, -0.05) is 0 Å². The van der Waals surface area contributed by atoms with E-state index < -0.39 is 55.5 Å². The maximum atomic E-state index is 14.0. The summed E-state index contributed by atoms with van der Waals surface area (Å²) in [6.07, 6.45) is -4.67. The van der Waals surface area contributed by atoms with Crippen LogP contribution >= 0.6 is 0 Å². The van der Waals surface area contributed by atoms with Crippen LogP contribution < -0.4 is 4.72 Å². The number of hydrogen-bond acceptors (Lipinski definition) is 3. The highest BCUT2D eigenvalue weighted by molar-refractivity contribution is 7.92. The zero-order chi connectivity index (χ0) is 19.0. The van der Waals surface area contributed by atoms with Gasteiger partial charge >= 0.3 is 12.1 Å². The van der Waals surface area contributed by atoms with Crippen molar-refractivity contribution >= 4 is 21.7 Å². The van der Waals surface area contributed by atoms with Gasteiger partial charge in [0.2, 0.25) is 0 Å². The van der Waals surface area contributed by atoms with E-state index in [0.717, 1.165) is 0 Å². The highest BCUT2D eigenvalue weighted by atomic mass is 32.2. The fourth-order valence-corrected chi connectivity index (χ4v) is 2.91. The molecule has 0 bridgehead atoms. The van der Waals surface area contributed by atoms with E-state index in [1.54, 1.807) is 4.72 Å². The summed E-state index contributed by atoms with van der Waals surface area (Å²) in [7, 11) is -4.53. The Morgan fingerprint density at radius 2 is 1.56 bits per heavy atom. The van der Waals surface area contributed by atoms with E-state index in [1.165, 1.54) is 0 Å². The molecule has 0 aliphatic carbocycles. The average molecular weight is 381 g/mol. The Labute approximate surface area is 137 Å². The molecule has 0 aromatic heterocycles. The summed E-state index contributed by atoms with van der Waals surface area (Å²) in [6.45, 7) is 0. The van der Waals surface area contributed by atoms with Crippen LogP contribution in [0.1, 0.15) is 15.9 Å². The molecule has 0 heterocycles. The lowest BCUT2D eigenvalue weighted by atomic mass is 10.2. The van der Waals surface area contributed by atoms with Crippen LogP contribution in [-0.4, -0.2) is 19.5 Å². The van der Waals surface area contributed by atoms with Crippen molar-refractivity contribution in [1.29, 1.82) is 0 Å². The quantitative estimate of drug-likeness (QED) is 0.795. The van der Waals surface area contributed by atoms with Crippen LogP contribution in [0, 0.1) is 11.6 Å². The van der Waals surface area contributed by atoms with E-state index in [1.807, 2.05) is 0 Å². The number of hydrogen-bond donors (Lipinski definition) is 2. The van der Waals surface area contributed by atoms with Gasteiger partial charge in [0.25, 0.3) is 10.0 Å². The molecule has 2 aromatic carbocycles. The Bertz CT molecular complexity index is 923. The zero-order valence-electron chi connectivity index (χ0n) is 11.9. The number of carboxylic acids is 1. The Kier molecular flexibility index (Phi) is 4.71. The largest absolute Gasteiger partial charge is 0.477 e. The predicted octanol–water partition coefficient (Wildman–Crippen LogP) is 3.48. The van der Waals surface area contributed by atoms with Crippen LogP contribution in [0.3, 0.4) is 0 Å². The molecular weight excluding hydrogens is 373 g/mol. The minimum atomic E-state index is -4.67. The van der Waals surface area contributed by atoms with Crippen molar-refractivity contribution in [2.75, 3.05) is 4.72 Å². The van der Waals surface area contributed by atoms with Crippen molar-refractivity contribution in [1.82, 2.24) is 0 Å². The predicted molar refractivity (Wildman–Crippen MR) is 75.6 cm³/mol. The van der Waals surface area contributed by atoms with Gasteiger partial charge in [-0.05, 0) is 36.4 Å². The summed E-state index contributed by atoms with van der Waals surface area (Å²) < 4.78 is 90.5. The second-order valence-corrected chi connectivity index (χ2v) is 6.40. The van der Waals surface area contributed by atoms with Gasteiger partial charge in [-0.15, -0.1) is 0 Å². The molecule has 11 heteroatoms. The fourth-order valence-electron chi connectivity index (χ4n) is 1.85. The summed E-state index contributed by atoms with van der Waals surface area (Å²) >= 11 is 0. The number of nitrogens with one attached hydrogen (secondary N) is 1. The van der Waals surface area contributed by atoms with Gasteiger partial charge in [-0.25, -0.2) is 22.0 Å². The number of carbonyl (C=O) groups is 1. The van der Waals surface area contributed by atoms with Gasteiger partial charge in [0, 0.05) is 0 Å². The first-order valence-electron chi connectivity index (χ1n) is 6.35. The number of rotatable bonds is 4. The molecule has 0 aliphatic heterocycles. The van der Waals surface area contributed by atoms with Crippen LogP contribution in [0.2, 0.25) is 0 Å². The third-order valence-corrected chi connectivity index (χ3v) is 4.42. The average Bonchev–Trinajstić information content (AvgIpc) is 2.49. The standard InChI is InChI=1S/C14H8F5NO4S/c15-9-5-6-10(12(16)11(9)13(21)22)20-25(23,24)8-3-1-7(2-4-8)14(17,18)19/h1-6,20H,(H,21,22). The lowest BCUT2D eigenvalue weighted by molar-refractivity contribution is -0.137. The topological polar surface area (TPSA) is 83.5 Å². The highest BCUT2D eigenvalue weighted by Gasteiger charge is 2.31. The minimum absolute atomic E-state index is 0.512. The van der Waals surface area contributed by atoms with Crippen LogP contribution in [0.4, 0.5) is 27.6 Å². The van der Waals surface area contributed by atoms with Gasteiger partial charge in [0.1, 0.15) is 11.4 Å². The van der Waals surface area contributed by atoms with Crippen LogP contribution in [0.15, 0.2) is 41.3 Å². The second kappa shape index (κ2) is 6.31. The number of halogens is 5. The van der Waals surface area contributed by atoms with Gasteiger partial charge in [-0.3, -0.25) is 4.72 Å². The summed E-state index contributed by atoms with van der Waals surface area (Å²) in [6, 6.07) is 3.50. The molecule has 2 rings (SSSR count). The zero-order valence-corrected chi connectivity index (χ0v) is 12.8. The van der Waals surface area contributed by atoms with Crippen LogP contribution in [0.25, 0.3) is 0 Å². The van der Waals surface area contributed by atoms with E-state index >= 15 is 0 Å². The van der Waals surface area contributed by atoms with Gasteiger partial charge < -0.3 is 5.11 Å². The van der Waals surface area contributed by atoms with Crippen LogP contribution in [0.5, 0.6) is 0 Å². The van der Waals surface area contributed by atoms with E-state index in [-0.39, 0.29) is 0 Å². The molecule has 25 heavy (non-hydrogen) atoms. The molecule has 0 spiro atoms. The Morgan fingerprint density at radius 3 is 2.04 bits per heavy atom. The molecule has 0 atom stereocenters. The maximum absolute atomic E-state index is 14.0. The van der Waals surface area contributed by atoms with E-state index in [2.05, 4.69) is 0 Å². The van der Waals surface area contributed by atoms with E-state index in [0.29, 0.717) is 36.4 Å². The third kappa shape index (κ3) is 3.87. The number of sulfonamides is 1. The third-order valence-electron chi connectivity index (χ3n) is 3.04. The lowest BCUT2D eigenvalue weighted by Crippen LogP contribution is -2.16. The van der Waals surface area contributed by atoms with Crippen molar-refractivity contribution in [3.8, 4) is 0 Å². The number of aromatic carboxylic acids is 1. The summed E-state index contributed by atoms with van der Waals surface area (Å²) in [5.74, 6) is -5.03. The molecule has 134 valence electrons. The van der Waals surface area contributed by atoms with E-state index in [4.69, 9.17) is 5.11 Å². The first kappa shape index (κ1) is 18.6. The van der Waals surface area contributed by atoms with Crippen molar-refractivity contribution in [2.24, 2.45) is 0 Å². The summed E-state index contributed by atoms with van der Waals surface area (Å²) in [5, 5.41) is 8.73. The summed E-state index contributed by atoms with van der Waals surface area (Å²) in [5.41, 5.74) is -3.32. The molecule has 0 saturated heterocycles. The van der Waals surface area contributed by atoms with Crippen molar-refractivity contribution in [3.63, 3.8) is 0 Å². The normalized spacial score (nSPS) is 12.0. The van der Waals surface area contributed by atoms with Crippen molar-refractivity contribution < 1.29 is 40.3 Å². The minimum Gasteiger partial charge on any atom is -0.477 e.